The van der Waals surface area contributed by atoms with Crippen LogP contribution in [0.25, 0.3) is 11.0 Å². The summed E-state index contributed by atoms with van der Waals surface area (Å²) in [6, 6.07) is 6.38. The van der Waals surface area contributed by atoms with Crippen LogP contribution in [0.5, 0.6) is 0 Å². The van der Waals surface area contributed by atoms with E-state index in [1.54, 1.807) is 6.07 Å². The highest BCUT2D eigenvalue weighted by Crippen LogP contribution is 2.24. The summed E-state index contributed by atoms with van der Waals surface area (Å²) in [4.78, 5) is 35.4. The van der Waals surface area contributed by atoms with Gasteiger partial charge >= 0.3 is 11.6 Å². The molecule has 1 aromatic carbocycles. The molecular formula is C16H15NO5S. The molecule has 2 heterocycles. The van der Waals surface area contributed by atoms with Gasteiger partial charge in [0.2, 0.25) is 5.91 Å². The first-order valence-corrected chi connectivity index (χ1v) is 8.15. The van der Waals surface area contributed by atoms with Crippen molar-refractivity contribution in [3.8, 4) is 0 Å². The maximum Gasteiger partial charge on any atom is 0.336 e. The van der Waals surface area contributed by atoms with E-state index in [2.05, 4.69) is 5.32 Å². The summed E-state index contributed by atoms with van der Waals surface area (Å²) in [5.41, 5.74) is 0.958. The lowest BCUT2D eigenvalue weighted by molar-refractivity contribution is -0.141. The largest absolute Gasteiger partial charge is 0.464 e. The molecule has 1 aliphatic heterocycles. The van der Waals surface area contributed by atoms with E-state index >= 15 is 0 Å². The zero-order chi connectivity index (χ0) is 16.4. The lowest BCUT2D eigenvalue weighted by atomic mass is 10.1. The molecule has 1 aliphatic rings. The molecule has 2 aromatic rings. The number of hydrogen-bond donors (Lipinski definition) is 1. The third kappa shape index (κ3) is 3.56. The highest BCUT2D eigenvalue weighted by molar-refractivity contribution is 8.00. The first-order valence-electron chi connectivity index (χ1n) is 7.16. The van der Waals surface area contributed by atoms with Crippen LogP contribution in [0.4, 0.5) is 0 Å². The van der Waals surface area contributed by atoms with Crippen LogP contribution in [0.3, 0.4) is 0 Å². The van der Waals surface area contributed by atoms with Crippen LogP contribution in [0.15, 0.2) is 38.4 Å². The van der Waals surface area contributed by atoms with Crippen molar-refractivity contribution in [2.75, 3.05) is 12.4 Å². The predicted octanol–water partition coefficient (Wildman–Crippen LogP) is 1.63. The van der Waals surface area contributed by atoms with Gasteiger partial charge in [0.15, 0.2) is 0 Å². The van der Waals surface area contributed by atoms with E-state index < -0.39 is 11.7 Å². The second-order valence-corrected chi connectivity index (χ2v) is 6.32. The topological polar surface area (TPSA) is 85.6 Å². The third-order valence-electron chi connectivity index (χ3n) is 3.56. The van der Waals surface area contributed by atoms with Gasteiger partial charge in [-0.3, -0.25) is 4.79 Å². The van der Waals surface area contributed by atoms with Crippen molar-refractivity contribution in [2.45, 2.75) is 24.3 Å². The van der Waals surface area contributed by atoms with Crippen LogP contribution >= 0.6 is 11.8 Å². The molecule has 0 aliphatic carbocycles. The van der Waals surface area contributed by atoms with Gasteiger partial charge in [-0.15, -0.1) is 11.8 Å². The molecule has 1 N–H and O–H groups in total. The van der Waals surface area contributed by atoms with E-state index in [0.29, 0.717) is 18.6 Å². The summed E-state index contributed by atoms with van der Waals surface area (Å²) >= 11 is 1.31. The van der Waals surface area contributed by atoms with Crippen LogP contribution in [0.2, 0.25) is 0 Å². The normalized spacial score (nSPS) is 17.3. The Kier molecular flexibility index (Phi) is 4.38. The number of ether oxygens (including phenoxy) is 1. The molecule has 1 unspecified atom stereocenters. The maximum atomic E-state index is 11.9. The van der Waals surface area contributed by atoms with Gasteiger partial charge in [-0.2, -0.15) is 0 Å². The number of hydrogen-bond acceptors (Lipinski definition) is 6. The smallest absolute Gasteiger partial charge is 0.336 e. The number of carbonyl (C=O) groups is 2. The first-order chi connectivity index (χ1) is 11.0. The Morgan fingerprint density at radius 1 is 1.35 bits per heavy atom. The van der Waals surface area contributed by atoms with Crippen LogP contribution < -0.4 is 10.9 Å². The van der Waals surface area contributed by atoms with E-state index in [4.69, 9.17) is 9.15 Å². The summed E-state index contributed by atoms with van der Waals surface area (Å²) in [6.45, 7) is 2.19. The molecule has 120 valence electrons. The van der Waals surface area contributed by atoms with Gasteiger partial charge in [0.25, 0.3) is 0 Å². The Morgan fingerprint density at radius 2 is 2.17 bits per heavy atom. The molecule has 1 fully saturated rings. The quantitative estimate of drug-likeness (QED) is 0.520. The Hall–Kier alpha value is -2.28. The van der Waals surface area contributed by atoms with Crippen molar-refractivity contribution in [3.63, 3.8) is 0 Å². The van der Waals surface area contributed by atoms with Crippen molar-refractivity contribution in [1.82, 2.24) is 5.32 Å². The SMILES string of the molecule is Cc1cc(=O)oc2cc(SCC(=O)NC3CCOC3=O)ccc12. The van der Waals surface area contributed by atoms with Gasteiger partial charge < -0.3 is 14.5 Å². The molecule has 3 rings (SSSR count). The number of amides is 1. The van der Waals surface area contributed by atoms with E-state index in [-0.39, 0.29) is 17.6 Å². The number of fused-ring (bicyclic) bond motifs is 1. The maximum absolute atomic E-state index is 11.9. The lowest BCUT2D eigenvalue weighted by Crippen LogP contribution is -2.38. The number of nitrogens with one attached hydrogen (secondary N) is 1. The number of carbonyl (C=O) groups excluding carboxylic acids is 2. The Balaban J connectivity index is 1.66. The summed E-state index contributed by atoms with van der Waals surface area (Å²) in [7, 11) is 0. The highest BCUT2D eigenvalue weighted by atomic mass is 32.2. The number of thioether (sulfide) groups is 1. The fraction of sp³-hybridized carbons (Fsp3) is 0.312. The van der Waals surface area contributed by atoms with Gasteiger partial charge in [0.05, 0.1) is 12.4 Å². The van der Waals surface area contributed by atoms with Crippen LogP contribution in [0.1, 0.15) is 12.0 Å². The zero-order valence-corrected chi connectivity index (χ0v) is 13.3. The summed E-state index contributed by atoms with van der Waals surface area (Å²) in [6.07, 6.45) is 0.510. The summed E-state index contributed by atoms with van der Waals surface area (Å²) in [5, 5.41) is 3.51. The average molecular weight is 333 g/mol. The molecule has 1 amide bonds. The minimum atomic E-state index is -0.541. The fourth-order valence-electron chi connectivity index (χ4n) is 2.41. The van der Waals surface area contributed by atoms with Crippen molar-refractivity contribution in [1.29, 1.82) is 0 Å². The van der Waals surface area contributed by atoms with Gasteiger partial charge in [0, 0.05) is 22.8 Å². The number of rotatable bonds is 4. The van der Waals surface area contributed by atoms with Crippen molar-refractivity contribution in [2.24, 2.45) is 0 Å². The number of esters is 1. The van der Waals surface area contributed by atoms with Gasteiger partial charge in [-0.25, -0.2) is 9.59 Å². The molecule has 0 spiro atoms. The van der Waals surface area contributed by atoms with Gasteiger partial charge in [-0.05, 0) is 30.7 Å². The fourth-order valence-corrected chi connectivity index (χ4v) is 3.14. The number of aryl methyl sites for hydroxylation is 1. The molecule has 0 bridgehead atoms. The Bertz CT molecular complexity index is 829. The molecule has 1 saturated heterocycles. The summed E-state index contributed by atoms with van der Waals surface area (Å²) < 4.78 is 9.98. The molecule has 7 heteroatoms. The predicted molar refractivity (Wildman–Crippen MR) is 85.5 cm³/mol. The van der Waals surface area contributed by atoms with Gasteiger partial charge in [-0.1, -0.05) is 0 Å². The van der Waals surface area contributed by atoms with Gasteiger partial charge in [0.1, 0.15) is 11.6 Å². The monoisotopic (exact) mass is 333 g/mol. The molecule has 0 saturated carbocycles. The molecule has 1 atom stereocenters. The highest BCUT2D eigenvalue weighted by Gasteiger charge is 2.27. The zero-order valence-electron chi connectivity index (χ0n) is 12.5. The molecule has 23 heavy (non-hydrogen) atoms. The Morgan fingerprint density at radius 3 is 2.91 bits per heavy atom. The van der Waals surface area contributed by atoms with E-state index in [9.17, 15) is 14.4 Å². The molecule has 1 aromatic heterocycles. The Labute approximate surface area is 136 Å². The molecular weight excluding hydrogens is 318 g/mol. The molecule has 0 radical (unpaired) electrons. The number of benzene rings is 1. The van der Waals surface area contributed by atoms with E-state index in [0.717, 1.165) is 15.8 Å². The minimum Gasteiger partial charge on any atom is -0.464 e. The lowest BCUT2D eigenvalue weighted by Gasteiger charge is -2.09. The second kappa shape index (κ2) is 6.45. The van der Waals surface area contributed by atoms with Crippen LogP contribution in [-0.2, 0) is 14.3 Å². The van der Waals surface area contributed by atoms with Crippen LogP contribution in [-0.4, -0.2) is 30.3 Å². The van der Waals surface area contributed by atoms with Crippen molar-refractivity contribution >= 4 is 34.6 Å². The summed E-state index contributed by atoms with van der Waals surface area (Å²) in [5.74, 6) is -0.443. The van der Waals surface area contributed by atoms with Crippen molar-refractivity contribution in [3.05, 3.63) is 40.2 Å². The second-order valence-electron chi connectivity index (χ2n) is 5.27. The minimum absolute atomic E-state index is 0.172. The van der Waals surface area contributed by atoms with Crippen molar-refractivity contribution < 1.29 is 18.7 Å². The average Bonchev–Trinajstić information content (AvgIpc) is 2.90. The third-order valence-corrected chi connectivity index (χ3v) is 4.56. The standard InChI is InChI=1S/C16H15NO5S/c1-9-6-15(19)22-13-7-10(2-3-11(9)13)23-8-14(18)17-12-4-5-21-16(12)20/h2-3,6-7,12H,4-5,8H2,1H3,(H,17,18). The van der Waals surface area contributed by atoms with E-state index in [1.807, 2.05) is 19.1 Å². The number of cyclic esters (lactones) is 1. The first kappa shape index (κ1) is 15.6. The van der Waals surface area contributed by atoms with E-state index in [1.165, 1.54) is 17.8 Å². The van der Waals surface area contributed by atoms with Crippen LogP contribution in [0, 0.1) is 6.92 Å². The molecule has 6 nitrogen and oxygen atoms in total.